The van der Waals surface area contributed by atoms with Crippen LogP contribution in [-0.4, -0.2) is 17.3 Å². The number of aryl methyl sites for hydroxylation is 1. The molecule has 0 atom stereocenters. The van der Waals surface area contributed by atoms with Gasteiger partial charge in [-0.3, -0.25) is 0 Å². The minimum absolute atomic E-state index is 1.16. The van der Waals surface area contributed by atoms with Gasteiger partial charge in [0.25, 0.3) is 0 Å². The van der Waals surface area contributed by atoms with E-state index in [9.17, 15) is 0 Å². The van der Waals surface area contributed by atoms with E-state index in [1.165, 1.54) is 287 Å². The Morgan fingerprint density at radius 3 is 0.678 bits per heavy atom. The van der Waals surface area contributed by atoms with Crippen molar-refractivity contribution in [3.63, 3.8) is 0 Å². The van der Waals surface area contributed by atoms with Gasteiger partial charge in [-0.05, 0) is 60.6 Å². The zero-order valence-electron chi connectivity index (χ0n) is 40.9. The summed E-state index contributed by atoms with van der Waals surface area (Å²) in [4.78, 5) is 4.86. The van der Waals surface area contributed by atoms with Crippen molar-refractivity contribution in [2.24, 2.45) is 0 Å². The third-order valence-corrected chi connectivity index (χ3v) is 16.5. The first-order chi connectivity index (χ1) is 29.3. The van der Waals surface area contributed by atoms with Gasteiger partial charge in [0, 0.05) is 14.7 Å². The van der Waals surface area contributed by atoms with Crippen LogP contribution in [0.25, 0.3) is 0 Å². The summed E-state index contributed by atoms with van der Waals surface area (Å²) in [6.07, 6.45) is 61.8. The molecule has 0 aromatic heterocycles. The molecule has 0 unspecified atom stereocenters. The van der Waals surface area contributed by atoms with Gasteiger partial charge in [-0.15, -0.1) is 35.3 Å². The molecule has 1 aromatic carbocycles. The van der Waals surface area contributed by atoms with Crippen LogP contribution < -0.4 is 0 Å². The Hall–Kier alpha value is 0.270. The third kappa shape index (κ3) is 38.5. The number of hydrogen-bond acceptors (Lipinski definition) is 3. The minimum atomic E-state index is 1.16. The van der Waals surface area contributed by atoms with Gasteiger partial charge in [0.1, 0.15) is 0 Å². The molecule has 0 aliphatic heterocycles. The molecule has 0 nitrogen and oxygen atoms in total. The van der Waals surface area contributed by atoms with Crippen LogP contribution in [0.3, 0.4) is 0 Å². The van der Waals surface area contributed by atoms with Crippen LogP contribution in [0, 0.1) is 0 Å². The number of hydrogen-bond donors (Lipinski definition) is 0. The van der Waals surface area contributed by atoms with E-state index < -0.39 is 0 Å². The van der Waals surface area contributed by atoms with Crippen molar-refractivity contribution in [1.82, 2.24) is 0 Å². The summed E-state index contributed by atoms with van der Waals surface area (Å²) >= 11 is 6.59. The Labute approximate surface area is 386 Å². The van der Waals surface area contributed by atoms with Crippen molar-refractivity contribution in [2.75, 3.05) is 17.3 Å². The Morgan fingerprint density at radius 2 is 0.458 bits per heavy atom. The highest BCUT2D eigenvalue weighted by Gasteiger charge is 2.13. The zero-order valence-corrected chi connectivity index (χ0v) is 43.4. The molecular weight excluding hydrogens is 769 g/mol. The molecule has 0 N–H and O–H groups in total. The summed E-state index contributed by atoms with van der Waals surface area (Å²) in [5.74, 6) is 3.88. The largest absolute Gasteiger partial charge is 0.125 e. The van der Waals surface area contributed by atoms with Gasteiger partial charge in [0.05, 0.1) is 0 Å². The molecule has 0 radical (unpaired) electrons. The molecule has 3 heteroatoms. The summed E-state index contributed by atoms with van der Waals surface area (Å²) in [5, 5.41) is 0. The van der Waals surface area contributed by atoms with E-state index in [1.54, 1.807) is 20.2 Å². The maximum absolute atomic E-state index is 2.58. The maximum atomic E-state index is 2.58. The molecule has 0 spiro atoms. The highest BCUT2D eigenvalue weighted by atomic mass is 32.2. The second kappa shape index (κ2) is 47.7. The van der Waals surface area contributed by atoms with E-state index in [0.29, 0.717) is 0 Å². The van der Waals surface area contributed by atoms with Gasteiger partial charge in [0.2, 0.25) is 0 Å². The average Bonchev–Trinajstić information content (AvgIpc) is 3.25. The van der Waals surface area contributed by atoms with Crippen molar-refractivity contribution < 1.29 is 0 Å². The number of rotatable bonds is 49. The summed E-state index contributed by atoms with van der Waals surface area (Å²) in [6, 6.07) is 5.16. The molecule has 348 valence electrons. The second-order valence-corrected chi connectivity index (χ2v) is 22.0. The molecule has 1 rings (SSSR count). The van der Waals surface area contributed by atoms with Gasteiger partial charge in [-0.1, -0.05) is 278 Å². The molecule has 0 aliphatic rings. The van der Waals surface area contributed by atoms with Gasteiger partial charge in [-0.25, -0.2) is 0 Å². The molecule has 0 bridgehead atoms. The van der Waals surface area contributed by atoms with Crippen molar-refractivity contribution in [3.8, 4) is 0 Å². The molecule has 0 heterocycles. The fourth-order valence-electron chi connectivity index (χ4n) is 8.62. The van der Waals surface area contributed by atoms with Crippen LogP contribution in [0.5, 0.6) is 0 Å². The number of benzene rings is 1. The lowest BCUT2D eigenvalue weighted by molar-refractivity contribution is 0.538. The Balaban J connectivity index is 2.44. The summed E-state index contributed by atoms with van der Waals surface area (Å²) in [7, 11) is 0. The van der Waals surface area contributed by atoms with Gasteiger partial charge in [0.15, 0.2) is 0 Å². The number of unbranched alkanes of at least 4 members (excludes halogenated alkanes) is 39. The highest BCUT2D eigenvalue weighted by Crippen LogP contribution is 2.41. The molecule has 0 saturated heterocycles. The van der Waals surface area contributed by atoms with Crippen LogP contribution >= 0.6 is 35.3 Å². The quantitative estimate of drug-likeness (QED) is 0.0473. The van der Waals surface area contributed by atoms with E-state index >= 15 is 0 Å². The van der Waals surface area contributed by atoms with Crippen LogP contribution in [-0.2, 0) is 6.42 Å². The molecule has 1 aromatic rings. The lowest BCUT2D eigenvalue weighted by Gasteiger charge is -2.16. The van der Waals surface area contributed by atoms with Crippen molar-refractivity contribution in [2.45, 2.75) is 318 Å². The molecule has 59 heavy (non-hydrogen) atoms. The standard InChI is InChI=1S/C56H106S3/c1-5-9-12-15-18-21-24-27-30-33-36-39-42-45-48-57-54-51-53(8-4)52-55(58-49-46-43-40-37-34-31-28-25-22-19-16-13-10-6-2)56(54)59-50-47-44-41-38-35-32-29-26-23-20-17-14-11-7-3/h51-52H,5-50H2,1-4H3. The van der Waals surface area contributed by atoms with E-state index in [2.05, 4.69) is 75.1 Å². The van der Waals surface area contributed by atoms with E-state index in [1.807, 2.05) is 0 Å². The summed E-state index contributed by atoms with van der Waals surface area (Å²) < 4.78 is 0. The van der Waals surface area contributed by atoms with Crippen molar-refractivity contribution >= 4 is 35.3 Å². The highest BCUT2D eigenvalue weighted by molar-refractivity contribution is 8.03. The third-order valence-electron chi connectivity index (χ3n) is 12.7. The minimum Gasteiger partial charge on any atom is -0.125 e. The lowest BCUT2D eigenvalue weighted by atomic mass is 10.0. The fraction of sp³-hybridized carbons (Fsp3) is 0.893. The van der Waals surface area contributed by atoms with Crippen LogP contribution in [0.15, 0.2) is 26.8 Å². The van der Waals surface area contributed by atoms with Gasteiger partial charge in [-0.2, -0.15) is 0 Å². The Morgan fingerprint density at radius 1 is 0.254 bits per heavy atom. The Bertz CT molecular complexity index is 903. The van der Waals surface area contributed by atoms with Crippen LogP contribution in [0.4, 0.5) is 0 Å². The fourth-order valence-corrected chi connectivity index (χ4v) is 12.4. The normalized spacial score (nSPS) is 11.7. The van der Waals surface area contributed by atoms with Gasteiger partial charge < -0.3 is 0 Å². The molecular formula is C56H106S3. The van der Waals surface area contributed by atoms with E-state index in [-0.39, 0.29) is 0 Å². The monoisotopic (exact) mass is 875 g/mol. The number of thioether (sulfide) groups is 3. The first-order valence-corrected chi connectivity index (χ1v) is 30.3. The predicted molar refractivity (Wildman–Crippen MR) is 279 cm³/mol. The Kier molecular flexibility index (Phi) is 46.4. The molecule has 0 aliphatic carbocycles. The van der Waals surface area contributed by atoms with E-state index in [4.69, 9.17) is 0 Å². The topological polar surface area (TPSA) is 0 Å². The predicted octanol–water partition coefficient (Wildman–Crippen LogP) is 22.0. The van der Waals surface area contributed by atoms with E-state index in [0.717, 1.165) is 6.42 Å². The first-order valence-electron chi connectivity index (χ1n) is 27.3. The van der Waals surface area contributed by atoms with Crippen LogP contribution in [0.2, 0.25) is 0 Å². The SMILES string of the molecule is CCCCCCCCCCCCCCCCSc1cc(CC)cc(SCCCCCCCCCCCCCCCC)c1SCCCCCCCCCCCCCCCC. The average molecular weight is 876 g/mol. The molecule has 0 amide bonds. The lowest BCUT2D eigenvalue weighted by Crippen LogP contribution is -1.94. The molecule has 0 saturated carbocycles. The zero-order chi connectivity index (χ0) is 42.4. The summed E-state index contributed by atoms with van der Waals surface area (Å²) in [6.45, 7) is 9.32. The molecule has 0 fully saturated rings. The van der Waals surface area contributed by atoms with Crippen LogP contribution in [0.1, 0.15) is 303 Å². The summed E-state index contributed by atoms with van der Waals surface area (Å²) in [5.41, 5.74) is 1.55. The second-order valence-electron chi connectivity index (χ2n) is 18.6. The first kappa shape index (κ1) is 57.3. The smallest absolute Gasteiger partial charge is 0.0344 e. The van der Waals surface area contributed by atoms with Crippen molar-refractivity contribution in [3.05, 3.63) is 17.7 Å². The maximum Gasteiger partial charge on any atom is 0.0344 e. The van der Waals surface area contributed by atoms with Crippen molar-refractivity contribution in [1.29, 1.82) is 0 Å². The van der Waals surface area contributed by atoms with Gasteiger partial charge >= 0.3 is 0 Å².